The molecule has 0 atom stereocenters. The van der Waals surface area contributed by atoms with Gasteiger partial charge in [0.2, 0.25) is 0 Å². The zero-order valence-electron chi connectivity index (χ0n) is 8.80. The third-order valence-electron chi connectivity index (χ3n) is 2.35. The Kier molecular flexibility index (Phi) is 3.01. The number of carboxylic acid groups (broad SMARTS) is 1. The van der Waals surface area contributed by atoms with Crippen LogP contribution in [0.4, 0.5) is 0 Å². The summed E-state index contributed by atoms with van der Waals surface area (Å²) in [7, 11) is 0. The molecule has 1 aromatic heterocycles. The van der Waals surface area contributed by atoms with E-state index in [-0.39, 0.29) is 4.88 Å². The first-order valence-electron chi connectivity index (χ1n) is 4.99. The second kappa shape index (κ2) is 4.45. The molecular weight excluding hydrogens is 222 g/mol. The molecule has 3 nitrogen and oxygen atoms in total. The van der Waals surface area contributed by atoms with Crippen LogP contribution in [0.5, 0.6) is 0 Å². The summed E-state index contributed by atoms with van der Waals surface area (Å²) in [6, 6.07) is 7.94. The number of aromatic carboxylic acids is 1. The largest absolute Gasteiger partial charge is 0.477 e. The average Bonchev–Trinajstić information content (AvgIpc) is 2.78. The van der Waals surface area contributed by atoms with E-state index in [1.54, 1.807) is 0 Å². The van der Waals surface area contributed by atoms with E-state index in [0.29, 0.717) is 0 Å². The van der Waals surface area contributed by atoms with Crippen LogP contribution in [0, 0.1) is 0 Å². The SMILES string of the molecule is CCc1ccccc1-c1ncc(C(=O)O)s1. The fourth-order valence-corrected chi connectivity index (χ4v) is 2.35. The molecule has 0 spiro atoms. The number of aryl methyl sites for hydroxylation is 1. The van der Waals surface area contributed by atoms with Crippen LogP contribution in [0.1, 0.15) is 22.2 Å². The first kappa shape index (κ1) is 10.8. The van der Waals surface area contributed by atoms with Gasteiger partial charge in [-0.2, -0.15) is 0 Å². The Balaban J connectivity index is 2.46. The van der Waals surface area contributed by atoms with E-state index in [1.807, 2.05) is 24.3 Å². The van der Waals surface area contributed by atoms with Crippen molar-refractivity contribution in [1.82, 2.24) is 4.98 Å². The molecule has 0 aliphatic rings. The number of hydrogen-bond acceptors (Lipinski definition) is 3. The van der Waals surface area contributed by atoms with Gasteiger partial charge in [-0.3, -0.25) is 0 Å². The van der Waals surface area contributed by atoms with Crippen molar-refractivity contribution in [2.45, 2.75) is 13.3 Å². The quantitative estimate of drug-likeness (QED) is 0.886. The van der Waals surface area contributed by atoms with Crippen LogP contribution in [0.25, 0.3) is 10.6 Å². The molecule has 1 heterocycles. The first-order valence-corrected chi connectivity index (χ1v) is 5.81. The Morgan fingerprint density at radius 1 is 1.44 bits per heavy atom. The number of carboxylic acids is 1. The smallest absolute Gasteiger partial charge is 0.347 e. The Labute approximate surface area is 97.4 Å². The van der Waals surface area contributed by atoms with Crippen LogP contribution in [0.2, 0.25) is 0 Å². The highest BCUT2D eigenvalue weighted by molar-refractivity contribution is 7.16. The van der Waals surface area contributed by atoms with Crippen molar-refractivity contribution in [3.8, 4) is 10.6 Å². The minimum absolute atomic E-state index is 0.279. The van der Waals surface area contributed by atoms with Crippen LogP contribution < -0.4 is 0 Å². The normalized spacial score (nSPS) is 10.3. The summed E-state index contributed by atoms with van der Waals surface area (Å²) in [5, 5.41) is 9.61. The molecule has 0 unspecified atom stereocenters. The van der Waals surface area contributed by atoms with Crippen LogP contribution >= 0.6 is 11.3 Å². The van der Waals surface area contributed by atoms with Crippen molar-refractivity contribution in [1.29, 1.82) is 0 Å². The topological polar surface area (TPSA) is 50.2 Å². The fourth-order valence-electron chi connectivity index (χ4n) is 1.53. The molecule has 0 bridgehead atoms. The van der Waals surface area contributed by atoms with Gasteiger partial charge in [0.05, 0.1) is 6.20 Å². The molecule has 0 amide bonds. The number of carbonyl (C=O) groups is 1. The van der Waals surface area contributed by atoms with Gasteiger partial charge in [-0.05, 0) is 12.0 Å². The lowest BCUT2D eigenvalue weighted by Crippen LogP contribution is -1.89. The summed E-state index contributed by atoms with van der Waals surface area (Å²) in [5.41, 5.74) is 2.22. The molecule has 0 fully saturated rings. The molecule has 0 saturated heterocycles. The lowest BCUT2D eigenvalue weighted by atomic mass is 10.1. The van der Waals surface area contributed by atoms with Gasteiger partial charge in [0.25, 0.3) is 0 Å². The van der Waals surface area contributed by atoms with Crippen molar-refractivity contribution < 1.29 is 9.90 Å². The highest BCUT2D eigenvalue weighted by atomic mass is 32.1. The minimum Gasteiger partial charge on any atom is -0.477 e. The van der Waals surface area contributed by atoms with E-state index in [9.17, 15) is 4.79 Å². The monoisotopic (exact) mass is 233 g/mol. The zero-order chi connectivity index (χ0) is 11.5. The number of benzene rings is 1. The second-order valence-electron chi connectivity index (χ2n) is 3.35. The third kappa shape index (κ3) is 1.97. The standard InChI is InChI=1S/C12H11NO2S/c1-2-8-5-3-4-6-9(8)11-13-7-10(16-11)12(14)15/h3-7H,2H2,1H3,(H,14,15). The molecule has 82 valence electrons. The lowest BCUT2D eigenvalue weighted by molar-refractivity contribution is 0.0702. The Hall–Kier alpha value is -1.68. The predicted octanol–water partition coefficient (Wildman–Crippen LogP) is 3.07. The van der Waals surface area contributed by atoms with E-state index < -0.39 is 5.97 Å². The number of rotatable bonds is 3. The molecule has 2 aromatic rings. The second-order valence-corrected chi connectivity index (χ2v) is 4.38. The van der Waals surface area contributed by atoms with E-state index in [1.165, 1.54) is 23.1 Å². The van der Waals surface area contributed by atoms with Gasteiger partial charge in [0.1, 0.15) is 9.88 Å². The van der Waals surface area contributed by atoms with Gasteiger partial charge < -0.3 is 5.11 Å². The van der Waals surface area contributed by atoms with Crippen LogP contribution in [0.3, 0.4) is 0 Å². The maximum absolute atomic E-state index is 10.8. The number of thiazole rings is 1. The van der Waals surface area contributed by atoms with Crippen molar-refractivity contribution >= 4 is 17.3 Å². The summed E-state index contributed by atoms with van der Waals surface area (Å²) >= 11 is 1.21. The molecule has 4 heteroatoms. The maximum atomic E-state index is 10.8. The molecule has 2 rings (SSSR count). The molecule has 0 aliphatic heterocycles. The highest BCUT2D eigenvalue weighted by Crippen LogP contribution is 2.28. The molecule has 1 N–H and O–H groups in total. The van der Waals surface area contributed by atoms with Crippen LogP contribution in [-0.2, 0) is 6.42 Å². The molecule has 1 aromatic carbocycles. The van der Waals surface area contributed by atoms with Gasteiger partial charge in [-0.15, -0.1) is 11.3 Å². The number of nitrogens with zero attached hydrogens (tertiary/aromatic N) is 1. The predicted molar refractivity (Wildman–Crippen MR) is 63.9 cm³/mol. The van der Waals surface area contributed by atoms with Gasteiger partial charge in [-0.25, -0.2) is 9.78 Å². The summed E-state index contributed by atoms with van der Waals surface area (Å²) in [6.45, 7) is 2.07. The Bertz CT molecular complexity index is 519. The highest BCUT2D eigenvalue weighted by Gasteiger charge is 2.11. The summed E-state index contributed by atoms with van der Waals surface area (Å²) < 4.78 is 0. The third-order valence-corrected chi connectivity index (χ3v) is 3.36. The lowest BCUT2D eigenvalue weighted by Gasteiger charge is -2.03. The van der Waals surface area contributed by atoms with Gasteiger partial charge in [0, 0.05) is 5.56 Å². The molecule has 16 heavy (non-hydrogen) atoms. The van der Waals surface area contributed by atoms with Crippen molar-refractivity contribution in [2.24, 2.45) is 0 Å². The zero-order valence-corrected chi connectivity index (χ0v) is 9.62. The van der Waals surface area contributed by atoms with Gasteiger partial charge in [0.15, 0.2) is 0 Å². The van der Waals surface area contributed by atoms with E-state index in [0.717, 1.165) is 17.0 Å². The van der Waals surface area contributed by atoms with Crippen molar-refractivity contribution in [3.05, 3.63) is 40.9 Å². The maximum Gasteiger partial charge on any atom is 0.347 e. The van der Waals surface area contributed by atoms with Gasteiger partial charge in [-0.1, -0.05) is 31.2 Å². The van der Waals surface area contributed by atoms with Crippen LogP contribution in [-0.4, -0.2) is 16.1 Å². The molecule has 0 saturated carbocycles. The van der Waals surface area contributed by atoms with Crippen molar-refractivity contribution in [2.75, 3.05) is 0 Å². The molecule has 0 aliphatic carbocycles. The van der Waals surface area contributed by atoms with E-state index >= 15 is 0 Å². The summed E-state index contributed by atoms with van der Waals surface area (Å²) in [5.74, 6) is -0.919. The average molecular weight is 233 g/mol. The fraction of sp³-hybridized carbons (Fsp3) is 0.167. The van der Waals surface area contributed by atoms with E-state index in [2.05, 4.69) is 11.9 Å². The summed E-state index contributed by atoms with van der Waals surface area (Å²) in [6.07, 6.45) is 2.33. The summed E-state index contributed by atoms with van der Waals surface area (Å²) in [4.78, 5) is 15.2. The van der Waals surface area contributed by atoms with Gasteiger partial charge >= 0.3 is 5.97 Å². The molecule has 0 radical (unpaired) electrons. The number of aromatic nitrogens is 1. The number of hydrogen-bond donors (Lipinski definition) is 1. The Morgan fingerprint density at radius 2 is 2.19 bits per heavy atom. The van der Waals surface area contributed by atoms with E-state index in [4.69, 9.17) is 5.11 Å². The molecular formula is C12H11NO2S. The Morgan fingerprint density at radius 3 is 2.81 bits per heavy atom. The van der Waals surface area contributed by atoms with Crippen LogP contribution in [0.15, 0.2) is 30.5 Å². The minimum atomic E-state index is -0.919. The first-order chi connectivity index (χ1) is 7.72. The van der Waals surface area contributed by atoms with Crippen molar-refractivity contribution in [3.63, 3.8) is 0 Å².